The molecule has 0 fully saturated rings. The minimum absolute atomic E-state index is 0.0751. The first-order valence-corrected chi connectivity index (χ1v) is 5.28. The zero-order chi connectivity index (χ0) is 12.8. The van der Waals surface area contributed by atoms with Crippen molar-refractivity contribution < 1.29 is 19.4 Å². The van der Waals surface area contributed by atoms with Crippen molar-refractivity contribution in [3.63, 3.8) is 0 Å². The standard InChI is InChI=1S/C12H15NO4/c1-3-17-10(14)7-13-12(16)9-6-4-5-8(2)11(9)15/h4-6,15H,3,7H2,1-2H3,(H,13,16). The van der Waals surface area contributed by atoms with Crippen molar-refractivity contribution in [1.82, 2.24) is 5.32 Å². The molecule has 1 rings (SSSR count). The van der Waals surface area contributed by atoms with E-state index in [4.69, 9.17) is 0 Å². The maximum absolute atomic E-state index is 11.6. The summed E-state index contributed by atoms with van der Waals surface area (Å²) in [5, 5.41) is 12.0. The molecule has 0 aromatic heterocycles. The lowest BCUT2D eigenvalue weighted by molar-refractivity contribution is -0.141. The van der Waals surface area contributed by atoms with Crippen LogP contribution in [-0.2, 0) is 9.53 Å². The van der Waals surface area contributed by atoms with E-state index in [2.05, 4.69) is 10.1 Å². The van der Waals surface area contributed by atoms with Gasteiger partial charge in [0.15, 0.2) is 0 Å². The Labute approximate surface area is 99.4 Å². The van der Waals surface area contributed by atoms with Crippen LogP contribution < -0.4 is 5.32 Å². The highest BCUT2D eigenvalue weighted by Crippen LogP contribution is 2.20. The summed E-state index contributed by atoms with van der Waals surface area (Å²) < 4.78 is 4.67. The third-order valence-electron chi connectivity index (χ3n) is 2.18. The molecule has 0 aliphatic heterocycles. The monoisotopic (exact) mass is 237 g/mol. The average Bonchev–Trinajstić information content (AvgIpc) is 2.30. The molecule has 0 radical (unpaired) electrons. The molecule has 17 heavy (non-hydrogen) atoms. The van der Waals surface area contributed by atoms with Crippen molar-refractivity contribution in [3.05, 3.63) is 29.3 Å². The molecule has 2 N–H and O–H groups in total. The van der Waals surface area contributed by atoms with Crippen LogP contribution in [0.4, 0.5) is 0 Å². The Balaban J connectivity index is 2.64. The van der Waals surface area contributed by atoms with Crippen molar-refractivity contribution in [1.29, 1.82) is 0 Å². The first-order valence-electron chi connectivity index (χ1n) is 5.28. The molecule has 1 aromatic carbocycles. The highest BCUT2D eigenvalue weighted by atomic mass is 16.5. The second-order valence-corrected chi connectivity index (χ2v) is 3.46. The van der Waals surface area contributed by atoms with Gasteiger partial charge in [0.2, 0.25) is 0 Å². The summed E-state index contributed by atoms with van der Waals surface area (Å²) in [5.41, 5.74) is 0.753. The van der Waals surface area contributed by atoms with Crippen LogP contribution in [-0.4, -0.2) is 30.1 Å². The minimum atomic E-state index is -0.506. The Bertz CT molecular complexity index is 429. The number of hydrogen-bond acceptors (Lipinski definition) is 4. The van der Waals surface area contributed by atoms with Crippen molar-refractivity contribution in [2.45, 2.75) is 13.8 Å². The molecule has 0 spiro atoms. The summed E-state index contributed by atoms with van der Waals surface area (Å²) in [7, 11) is 0. The van der Waals surface area contributed by atoms with Crippen LogP contribution in [0.3, 0.4) is 0 Å². The summed E-state index contributed by atoms with van der Waals surface area (Å²) in [4.78, 5) is 22.7. The number of carbonyl (C=O) groups is 2. The molecule has 0 atom stereocenters. The van der Waals surface area contributed by atoms with Gasteiger partial charge in [-0.25, -0.2) is 0 Å². The summed E-state index contributed by atoms with van der Waals surface area (Å²) in [6, 6.07) is 4.84. The smallest absolute Gasteiger partial charge is 0.325 e. The molecule has 0 bridgehead atoms. The van der Waals surface area contributed by atoms with Crippen molar-refractivity contribution in [3.8, 4) is 5.75 Å². The Morgan fingerprint density at radius 1 is 1.41 bits per heavy atom. The van der Waals surface area contributed by atoms with E-state index < -0.39 is 11.9 Å². The van der Waals surface area contributed by atoms with E-state index in [-0.39, 0.29) is 24.5 Å². The van der Waals surface area contributed by atoms with Crippen LogP contribution in [0, 0.1) is 6.92 Å². The minimum Gasteiger partial charge on any atom is -0.507 e. The van der Waals surface area contributed by atoms with E-state index in [0.29, 0.717) is 5.56 Å². The summed E-state index contributed by atoms with van der Waals surface area (Å²) in [5.74, 6) is -1.08. The summed E-state index contributed by atoms with van der Waals surface area (Å²) in [6.07, 6.45) is 0. The number of benzene rings is 1. The number of phenols is 1. The number of nitrogens with one attached hydrogen (secondary N) is 1. The van der Waals surface area contributed by atoms with Gasteiger partial charge >= 0.3 is 5.97 Å². The molecule has 0 aliphatic carbocycles. The number of rotatable bonds is 4. The number of aromatic hydroxyl groups is 1. The van der Waals surface area contributed by atoms with Gasteiger partial charge in [0.1, 0.15) is 12.3 Å². The zero-order valence-electron chi connectivity index (χ0n) is 9.82. The molecule has 0 saturated carbocycles. The van der Waals surface area contributed by atoms with Crippen molar-refractivity contribution in [2.24, 2.45) is 0 Å². The number of amides is 1. The van der Waals surface area contributed by atoms with Crippen molar-refractivity contribution >= 4 is 11.9 Å². The van der Waals surface area contributed by atoms with Crippen LogP contribution >= 0.6 is 0 Å². The van der Waals surface area contributed by atoms with Gasteiger partial charge in [-0.2, -0.15) is 0 Å². The Kier molecular flexibility index (Phi) is 4.51. The SMILES string of the molecule is CCOC(=O)CNC(=O)c1cccc(C)c1O. The van der Waals surface area contributed by atoms with Gasteiger partial charge in [-0.1, -0.05) is 12.1 Å². The molecule has 0 heterocycles. The Morgan fingerprint density at radius 3 is 2.76 bits per heavy atom. The number of aryl methyl sites for hydroxylation is 1. The number of para-hydroxylation sites is 1. The summed E-state index contributed by atoms with van der Waals surface area (Å²) in [6.45, 7) is 3.44. The molecular formula is C12H15NO4. The lowest BCUT2D eigenvalue weighted by atomic mass is 10.1. The fourth-order valence-corrected chi connectivity index (χ4v) is 1.30. The molecule has 5 nitrogen and oxygen atoms in total. The Hall–Kier alpha value is -2.04. The molecule has 0 aliphatic rings. The van der Waals surface area contributed by atoms with E-state index in [9.17, 15) is 14.7 Å². The van der Waals surface area contributed by atoms with Gasteiger partial charge in [-0.15, -0.1) is 0 Å². The molecule has 1 aromatic rings. The maximum Gasteiger partial charge on any atom is 0.325 e. The van der Waals surface area contributed by atoms with Crippen LogP contribution in [0.5, 0.6) is 5.75 Å². The zero-order valence-corrected chi connectivity index (χ0v) is 9.82. The maximum atomic E-state index is 11.6. The lowest BCUT2D eigenvalue weighted by Gasteiger charge is -2.07. The van der Waals surface area contributed by atoms with Gasteiger partial charge in [0.05, 0.1) is 12.2 Å². The first kappa shape index (κ1) is 13.0. The van der Waals surface area contributed by atoms with Crippen molar-refractivity contribution in [2.75, 3.05) is 13.2 Å². The Morgan fingerprint density at radius 2 is 2.12 bits per heavy atom. The molecule has 92 valence electrons. The predicted octanol–water partition coefficient (Wildman–Crippen LogP) is 0.994. The highest BCUT2D eigenvalue weighted by molar-refractivity contribution is 5.98. The lowest BCUT2D eigenvalue weighted by Crippen LogP contribution is -2.30. The second-order valence-electron chi connectivity index (χ2n) is 3.46. The molecule has 0 unspecified atom stereocenters. The second kappa shape index (κ2) is 5.89. The van der Waals surface area contributed by atoms with E-state index in [0.717, 1.165) is 0 Å². The van der Waals surface area contributed by atoms with Gasteiger partial charge in [-0.3, -0.25) is 9.59 Å². The van der Waals surface area contributed by atoms with E-state index >= 15 is 0 Å². The number of phenolic OH excluding ortho intramolecular Hbond substituents is 1. The largest absolute Gasteiger partial charge is 0.507 e. The normalized spacial score (nSPS) is 9.76. The molecule has 1 amide bonds. The van der Waals surface area contributed by atoms with E-state index in [1.54, 1.807) is 26.0 Å². The third-order valence-corrected chi connectivity index (χ3v) is 2.18. The third kappa shape index (κ3) is 3.48. The topological polar surface area (TPSA) is 75.6 Å². The quantitative estimate of drug-likeness (QED) is 0.766. The highest BCUT2D eigenvalue weighted by Gasteiger charge is 2.13. The predicted molar refractivity (Wildman–Crippen MR) is 61.8 cm³/mol. The number of ether oxygens (including phenoxy) is 1. The fourth-order valence-electron chi connectivity index (χ4n) is 1.30. The first-order chi connectivity index (χ1) is 8.06. The number of hydrogen-bond donors (Lipinski definition) is 2. The van der Waals surface area contributed by atoms with Crippen LogP contribution in [0.15, 0.2) is 18.2 Å². The van der Waals surface area contributed by atoms with Gasteiger partial charge < -0.3 is 15.2 Å². The molecule has 0 saturated heterocycles. The molecular weight excluding hydrogens is 222 g/mol. The van der Waals surface area contributed by atoms with Gasteiger partial charge in [-0.05, 0) is 25.5 Å². The average molecular weight is 237 g/mol. The van der Waals surface area contributed by atoms with E-state index in [1.807, 2.05) is 0 Å². The summed E-state index contributed by atoms with van der Waals surface area (Å²) >= 11 is 0. The van der Waals surface area contributed by atoms with Gasteiger partial charge in [0, 0.05) is 0 Å². The fraction of sp³-hybridized carbons (Fsp3) is 0.333. The van der Waals surface area contributed by atoms with Crippen LogP contribution in [0.2, 0.25) is 0 Å². The molecule has 5 heteroatoms. The van der Waals surface area contributed by atoms with Crippen LogP contribution in [0.1, 0.15) is 22.8 Å². The number of carbonyl (C=O) groups excluding carboxylic acids is 2. The number of esters is 1. The van der Waals surface area contributed by atoms with E-state index in [1.165, 1.54) is 6.07 Å². The van der Waals surface area contributed by atoms with Gasteiger partial charge in [0.25, 0.3) is 5.91 Å². The van der Waals surface area contributed by atoms with Crippen LogP contribution in [0.25, 0.3) is 0 Å².